The number of carbonyl (C=O) groups is 1. The van der Waals surface area contributed by atoms with Gasteiger partial charge in [-0.1, -0.05) is 19.1 Å². The molecule has 0 saturated carbocycles. The lowest BCUT2D eigenvalue weighted by atomic mass is 9.99. The standard InChI is InChI=1S/C24H27NO5/c1-15-6-5-11-25(13-15)14-18-19(26)10-9-17-22(27)21(30-24(17)18)12-16-7-4-8-20(28-2)23(16)29-3/h4,7-10,12,15,26H,5-6,11,13-14H2,1-3H3. The highest BCUT2D eigenvalue weighted by Crippen LogP contribution is 2.41. The molecule has 4 rings (SSSR count). The second-order valence-corrected chi connectivity index (χ2v) is 7.94. The van der Waals surface area contributed by atoms with Crippen LogP contribution in [0.25, 0.3) is 6.08 Å². The molecule has 0 bridgehead atoms. The number of benzene rings is 2. The number of Topliss-reactive ketones (excluding diaryl/α,β-unsaturated/α-hetero) is 1. The molecule has 2 aromatic carbocycles. The molecule has 2 aromatic rings. The molecule has 0 aromatic heterocycles. The van der Waals surface area contributed by atoms with Gasteiger partial charge in [0.05, 0.1) is 25.3 Å². The van der Waals surface area contributed by atoms with Crippen LogP contribution in [0, 0.1) is 5.92 Å². The van der Waals surface area contributed by atoms with Crippen molar-refractivity contribution in [3.63, 3.8) is 0 Å². The molecule has 1 fully saturated rings. The van der Waals surface area contributed by atoms with Gasteiger partial charge in [0.1, 0.15) is 11.5 Å². The van der Waals surface area contributed by atoms with E-state index in [0.717, 1.165) is 19.5 Å². The first-order valence-corrected chi connectivity index (χ1v) is 10.2. The number of ether oxygens (including phenoxy) is 3. The summed E-state index contributed by atoms with van der Waals surface area (Å²) in [6.45, 7) is 4.75. The lowest BCUT2D eigenvalue weighted by Gasteiger charge is -2.31. The van der Waals surface area contributed by atoms with Crippen LogP contribution in [0.3, 0.4) is 0 Å². The van der Waals surface area contributed by atoms with Crippen LogP contribution in [0.4, 0.5) is 0 Å². The van der Waals surface area contributed by atoms with Crippen LogP contribution in [-0.2, 0) is 6.54 Å². The Morgan fingerprint density at radius 2 is 2.07 bits per heavy atom. The van der Waals surface area contributed by atoms with E-state index >= 15 is 0 Å². The molecule has 2 heterocycles. The zero-order valence-corrected chi connectivity index (χ0v) is 17.6. The third-order valence-corrected chi connectivity index (χ3v) is 5.76. The molecule has 2 aliphatic heterocycles. The van der Waals surface area contributed by atoms with E-state index in [1.165, 1.54) is 6.42 Å². The number of phenolic OH excluding ortho intramolecular Hbond substituents is 1. The molecular weight excluding hydrogens is 382 g/mol. The molecule has 6 heteroatoms. The number of carbonyl (C=O) groups excluding carboxylic acids is 1. The molecule has 1 atom stereocenters. The Labute approximate surface area is 176 Å². The molecule has 0 aliphatic carbocycles. The van der Waals surface area contributed by atoms with Crippen molar-refractivity contribution in [1.82, 2.24) is 4.90 Å². The first kappa shape index (κ1) is 20.3. The van der Waals surface area contributed by atoms with Crippen molar-refractivity contribution in [2.24, 2.45) is 5.92 Å². The average molecular weight is 409 g/mol. The number of rotatable bonds is 5. The Hall–Kier alpha value is -2.99. The van der Waals surface area contributed by atoms with Crippen molar-refractivity contribution in [1.29, 1.82) is 0 Å². The first-order chi connectivity index (χ1) is 14.5. The van der Waals surface area contributed by atoms with Gasteiger partial charge in [-0.3, -0.25) is 9.69 Å². The molecule has 30 heavy (non-hydrogen) atoms. The fourth-order valence-corrected chi connectivity index (χ4v) is 4.27. The van der Waals surface area contributed by atoms with Gasteiger partial charge in [-0.15, -0.1) is 0 Å². The maximum absolute atomic E-state index is 13.0. The fourth-order valence-electron chi connectivity index (χ4n) is 4.27. The number of likely N-dealkylation sites (tertiary alicyclic amines) is 1. The number of allylic oxidation sites excluding steroid dienone is 1. The Bertz CT molecular complexity index is 997. The quantitative estimate of drug-likeness (QED) is 0.745. The maximum atomic E-state index is 13.0. The van der Waals surface area contributed by atoms with Gasteiger partial charge in [-0.05, 0) is 49.6 Å². The Morgan fingerprint density at radius 1 is 1.23 bits per heavy atom. The number of phenols is 1. The first-order valence-electron chi connectivity index (χ1n) is 10.2. The minimum absolute atomic E-state index is 0.153. The van der Waals surface area contributed by atoms with Crippen molar-refractivity contribution in [3.05, 3.63) is 52.8 Å². The maximum Gasteiger partial charge on any atom is 0.231 e. The molecule has 158 valence electrons. The van der Waals surface area contributed by atoms with Crippen LogP contribution in [0.5, 0.6) is 23.0 Å². The monoisotopic (exact) mass is 409 g/mol. The van der Waals surface area contributed by atoms with Gasteiger partial charge in [0.2, 0.25) is 5.78 Å². The average Bonchev–Trinajstić information content (AvgIpc) is 3.05. The van der Waals surface area contributed by atoms with Crippen LogP contribution in [0.2, 0.25) is 0 Å². The summed E-state index contributed by atoms with van der Waals surface area (Å²) in [6, 6.07) is 8.66. The van der Waals surface area contributed by atoms with Crippen LogP contribution < -0.4 is 14.2 Å². The van der Waals surface area contributed by atoms with Crippen LogP contribution in [0.15, 0.2) is 36.1 Å². The van der Waals surface area contributed by atoms with E-state index in [9.17, 15) is 9.90 Å². The predicted molar refractivity (Wildman–Crippen MR) is 114 cm³/mol. The van der Waals surface area contributed by atoms with E-state index in [4.69, 9.17) is 14.2 Å². The van der Waals surface area contributed by atoms with E-state index in [1.807, 2.05) is 12.1 Å². The third kappa shape index (κ3) is 3.75. The number of piperidine rings is 1. The summed E-state index contributed by atoms with van der Waals surface area (Å²) >= 11 is 0. The summed E-state index contributed by atoms with van der Waals surface area (Å²) in [4.78, 5) is 15.3. The molecule has 0 radical (unpaired) electrons. The number of aromatic hydroxyl groups is 1. The molecule has 0 spiro atoms. The van der Waals surface area contributed by atoms with Gasteiger partial charge in [0, 0.05) is 18.7 Å². The number of nitrogens with zero attached hydrogens (tertiary/aromatic N) is 1. The summed E-state index contributed by atoms with van der Waals surface area (Å²) in [5, 5.41) is 10.5. The number of ketones is 1. The SMILES string of the molecule is COc1cccc(C=C2Oc3c(ccc(O)c3CN3CCCC(C)C3)C2=O)c1OC. The number of hydrogen-bond donors (Lipinski definition) is 1. The number of fused-ring (bicyclic) bond motifs is 1. The van der Waals surface area contributed by atoms with Gasteiger partial charge in [-0.25, -0.2) is 0 Å². The van der Waals surface area contributed by atoms with Gasteiger partial charge < -0.3 is 19.3 Å². The van der Waals surface area contributed by atoms with Gasteiger partial charge >= 0.3 is 0 Å². The number of para-hydroxylation sites is 1. The van der Waals surface area contributed by atoms with Crippen LogP contribution in [-0.4, -0.2) is 43.1 Å². The van der Waals surface area contributed by atoms with Crippen molar-refractivity contribution in [3.8, 4) is 23.0 Å². The van der Waals surface area contributed by atoms with Crippen molar-refractivity contribution in [2.45, 2.75) is 26.3 Å². The molecular formula is C24H27NO5. The number of methoxy groups -OCH3 is 2. The lowest BCUT2D eigenvalue weighted by Crippen LogP contribution is -2.33. The summed E-state index contributed by atoms with van der Waals surface area (Å²) < 4.78 is 16.8. The normalized spacial score (nSPS) is 20.2. The predicted octanol–water partition coefficient (Wildman–Crippen LogP) is 4.26. The molecule has 1 saturated heterocycles. The second-order valence-electron chi connectivity index (χ2n) is 7.94. The Morgan fingerprint density at radius 3 is 2.80 bits per heavy atom. The van der Waals surface area contributed by atoms with E-state index in [0.29, 0.717) is 46.4 Å². The minimum atomic E-state index is -0.205. The topological polar surface area (TPSA) is 68.2 Å². The van der Waals surface area contributed by atoms with Gasteiger partial charge in [0.25, 0.3) is 0 Å². The fraction of sp³-hybridized carbons (Fsp3) is 0.375. The summed E-state index contributed by atoms with van der Waals surface area (Å²) in [5.41, 5.74) is 1.82. The van der Waals surface area contributed by atoms with Crippen LogP contribution in [0.1, 0.15) is 41.3 Å². The third-order valence-electron chi connectivity index (χ3n) is 5.76. The van der Waals surface area contributed by atoms with E-state index in [1.54, 1.807) is 38.5 Å². The van der Waals surface area contributed by atoms with Crippen molar-refractivity contribution in [2.75, 3.05) is 27.3 Å². The largest absolute Gasteiger partial charge is 0.507 e. The minimum Gasteiger partial charge on any atom is -0.507 e. The Kier molecular flexibility index (Phi) is 5.68. The zero-order chi connectivity index (χ0) is 21.3. The zero-order valence-electron chi connectivity index (χ0n) is 17.6. The highest BCUT2D eigenvalue weighted by atomic mass is 16.5. The highest BCUT2D eigenvalue weighted by Gasteiger charge is 2.32. The molecule has 6 nitrogen and oxygen atoms in total. The van der Waals surface area contributed by atoms with Gasteiger partial charge in [-0.2, -0.15) is 0 Å². The molecule has 1 unspecified atom stereocenters. The molecule has 2 aliphatic rings. The number of hydrogen-bond acceptors (Lipinski definition) is 6. The van der Waals surface area contributed by atoms with Crippen LogP contribution >= 0.6 is 0 Å². The second kappa shape index (κ2) is 8.40. The highest BCUT2D eigenvalue weighted by molar-refractivity contribution is 6.15. The smallest absolute Gasteiger partial charge is 0.231 e. The summed E-state index contributed by atoms with van der Waals surface area (Å²) in [7, 11) is 3.13. The summed E-state index contributed by atoms with van der Waals surface area (Å²) in [5.74, 6) is 2.33. The lowest BCUT2D eigenvalue weighted by molar-refractivity contribution is 0.101. The van der Waals surface area contributed by atoms with E-state index in [-0.39, 0.29) is 17.3 Å². The Balaban J connectivity index is 1.67. The molecule has 1 N–H and O–H groups in total. The van der Waals surface area contributed by atoms with E-state index in [2.05, 4.69) is 11.8 Å². The molecule has 0 amide bonds. The van der Waals surface area contributed by atoms with E-state index < -0.39 is 0 Å². The van der Waals surface area contributed by atoms with Crippen molar-refractivity contribution < 1.29 is 24.1 Å². The summed E-state index contributed by atoms with van der Waals surface area (Å²) in [6.07, 6.45) is 4.02. The van der Waals surface area contributed by atoms with Crippen molar-refractivity contribution >= 4 is 11.9 Å². The van der Waals surface area contributed by atoms with Gasteiger partial charge in [0.15, 0.2) is 17.3 Å².